The van der Waals surface area contributed by atoms with Gasteiger partial charge in [-0.05, 0) is 38.1 Å². The minimum Gasteiger partial charge on any atom is -0.353 e. The maximum Gasteiger partial charge on any atom is 0.230 e. The molecule has 2 nitrogen and oxygen atoms in total. The quantitative estimate of drug-likeness (QED) is 0.863. The molecule has 0 fully saturated rings. The molecule has 1 aromatic carbocycles. The van der Waals surface area contributed by atoms with Crippen LogP contribution in [0.15, 0.2) is 33.6 Å². The molecule has 0 aliphatic carbocycles. The van der Waals surface area contributed by atoms with E-state index in [2.05, 4.69) is 21.2 Å². The third-order valence-electron chi connectivity index (χ3n) is 1.63. The van der Waals surface area contributed by atoms with Gasteiger partial charge in [-0.15, -0.1) is 11.8 Å². The fraction of sp³-hybridized carbons (Fsp3) is 0.364. The summed E-state index contributed by atoms with van der Waals surface area (Å²) in [5.41, 5.74) is 0. The van der Waals surface area contributed by atoms with Crippen molar-refractivity contribution in [2.75, 3.05) is 5.75 Å². The highest BCUT2D eigenvalue weighted by atomic mass is 79.9. The maximum atomic E-state index is 11.4. The molecule has 0 aliphatic rings. The smallest absolute Gasteiger partial charge is 0.230 e. The summed E-state index contributed by atoms with van der Waals surface area (Å²) >= 11 is 4.92. The van der Waals surface area contributed by atoms with E-state index in [9.17, 15) is 4.79 Å². The largest absolute Gasteiger partial charge is 0.353 e. The van der Waals surface area contributed by atoms with Crippen LogP contribution >= 0.6 is 27.7 Å². The van der Waals surface area contributed by atoms with Crippen LogP contribution in [-0.2, 0) is 4.79 Å². The van der Waals surface area contributed by atoms with Crippen molar-refractivity contribution < 1.29 is 4.79 Å². The lowest BCUT2D eigenvalue weighted by Crippen LogP contribution is -2.31. The average Bonchev–Trinajstić information content (AvgIpc) is 2.16. The first-order chi connectivity index (χ1) is 7.08. The van der Waals surface area contributed by atoms with Crippen LogP contribution in [0.25, 0.3) is 0 Å². The summed E-state index contributed by atoms with van der Waals surface area (Å²) in [4.78, 5) is 12.5. The summed E-state index contributed by atoms with van der Waals surface area (Å²) in [6, 6.07) is 8.16. The highest BCUT2D eigenvalue weighted by Crippen LogP contribution is 2.20. The van der Waals surface area contributed by atoms with Gasteiger partial charge in [0.1, 0.15) is 0 Å². The second-order valence-corrected chi connectivity index (χ2v) is 5.43. The predicted molar refractivity (Wildman–Crippen MR) is 68.1 cm³/mol. The van der Waals surface area contributed by atoms with Gasteiger partial charge in [0.05, 0.1) is 5.75 Å². The molecule has 0 saturated heterocycles. The third kappa shape index (κ3) is 5.23. The van der Waals surface area contributed by atoms with E-state index < -0.39 is 0 Å². The molecule has 0 unspecified atom stereocenters. The van der Waals surface area contributed by atoms with Gasteiger partial charge in [-0.25, -0.2) is 0 Å². The van der Waals surface area contributed by atoms with Crippen molar-refractivity contribution in [3.63, 3.8) is 0 Å². The molecule has 1 N–H and O–H groups in total. The molecular formula is C11H14BrNOS. The highest BCUT2D eigenvalue weighted by Gasteiger charge is 2.03. The Morgan fingerprint density at radius 2 is 2.00 bits per heavy atom. The first kappa shape index (κ1) is 12.6. The molecule has 0 radical (unpaired) electrons. The Balaban J connectivity index is 2.37. The maximum absolute atomic E-state index is 11.4. The van der Waals surface area contributed by atoms with Crippen molar-refractivity contribution in [3.8, 4) is 0 Å². The topological polar surface area (TPSA) is 29.1 Å². The lowest BCUT2D eigenvalue weighted by Gasteiger charge is -2.07. The lowest BCUT2D eigenvalue weighted by atomic mass is 10.4. The standard InChI is InChI=1S/C11H14BrNOS/c1-8(2)13-11(14)7-15-10-5-3-9(12)4-6-10/h3-6,8H,7H2,1-2H3,(H,13,14). The Morgan fingerprint density at radius 3 is 2.53 bits per heavy atom. The van der Waals surface area contributed by atoms with Crippen LogP contribution in [0.1, 0.15) is 13.8 Å². The van der Waals surface area contributed by atoms with Crippen LogP contribution in [0.5, 0.6) is 0 Å². The van der Waals surface area contributed by atoms with Gasteiger partial charge >= 0.3 is 0 Å². The molecule has 0 aliphatic heterocycles. The van der Waals surface area contributed by atoms with E-state index in [1.807, 2.05) is 38.1 Å². The number of carbonyl (C=O) groups is 1. The molecule has 1 aromatic rings. The zero-order chi connectivity index (χ0) is 11.3. The van der Waals surface area contributed by atoms with Crippen LogP contribution in [0.3, 0.4) is 0 Å². The number of carbonyl (C=O) groups excluding carboxylic acids is 1. The van der Waals surface area contributed by atoms with Crippen LogP contribution in [0.4, 0.5) is 0 Å². The molecule has 0 aromatic heterocycles. The molecular weight excluding hydrogens is 274 g/mol. The molecule has 1 rings (SSSR count). The van der Waals surface area contributed by atoms with Gasteiger partial charge in [-0.3, -0.25) is 4.79 Å². The summed E-state index contributed by atoms with van der Waals surface area (Å²) in [5, 5.41) is 2.86. The van der Waals surface area contributed by atoms with E-state index in [1.165, 1.54) is 0 Å². The summed E-state index contributed by atoms with van der Waals surface area (Å²) in [7, 11) is 0. The summed E-state index contributed by atoms with van der Waals surface area (Å²) in [6.07, 6.45) is 0. The Hall–Kier alpha value is -0.480. The van der Waals surface area contributed by atoms with E-state index >= 15 is 0 Å². The third-order valence-corrected chi connectivity index (χ3v) is 3.17. The van der Waals surface area contributed by atoms with Gasteiger partial charge in [0.15, 0.2) is 0 Å². The molecule has 0 atom stereocenters. The summed E-state index contributed by atoms with van der Waals surface area (Å²) < 4.78 is 1.05. The molecule has 0 heterocycles. The first-order valence-electron chi connectivity index (χ1n) is 4.75. The van der Waals surface area contributed by atoms with Gasteiger partial charge in [-0.2, -0.15) is 0 Å². The van der Waals surface area contributed by atoms with Gasteiger partial charge in [0, 0.05) is 15.4 Å². The fourth-order valence-corrected chi connectivity index (χ4v) is 2.02. The second-order valence-electron chi connectivity index (χ2n) is 3.46. The van der Waals surface area contributed by atoms with E-state index in [0.717, 1.165) is 9.37 Å². The van der Waals surface area contributed by atoms with Gasteiger partial charge in [-0.1, -0.05) is 15.9 Å². The van der Waals surface area contributed by atoms with Gasteiger partial charge in [0.2, 0.25) is 5.91 Å². The number of rotatable bonds is 4. The molecule has 0 saturated carbocycles. The number of benzene rings is 1. The van der Waals surface area contributed by atoms with Crippen molar-refractivity contribution in [2.45, 2.75) is 24.8 Å². The molecule has 82 valence electrons. The number of thioether (sulfide) groups is 1. The Kier molecular flexibility index (Phi) is 5.19. The van der Waals surface area contributed by atoms with Crippen molar-refractivity contribution in [1.82, 2.24) is 5.32 Å². The SMILES string of the molecule is CC(C)NC(=O)CSc1ccc(Br)cc1. The molecule has 4 heteroatoms. The number of hydrogen-bond acceptors (Lipinski definition) is 2. The predicted octanol–water partition coefficient (Wildman–Crippen LogP) is 3.07. The molecule has 15 heavy (non-hydrogen) atoms. The van der Waals surface area contributed by atoms with Crippen LogP contribution in [-0.4, -0.2) is 17.7 Å². The van der Waals surface area contributed by atoms with E-state index in [4.69, 9.17) is 0 Å². The Bertz CT molecular complexity index is 324. The van der Waals surface area contributed by atoms with Crippen molar-refractivity contribution in [1.29, 1.82) is 0 Å². The lowest BCUT2D eigenvalue weighted by molar-refractivity contribution is -0.119. The molecule has 1 amide bonds. The first-order valence-corrected chi connectivity index (χ1v) is 6.53. The minimum absolute atomic E-state index is 0.0814. The highest BCUT2D eigenvalue weighted by molar-refractivity contribution is 9.10. The van der Waals surface area contributed by atoms with Crippen LogP contribution in [0.2, 0.25) is 0 Å². The van der Waals surface area contributed by atoms with Gasteiger partial charge in [0.25, 0.3) is 0 Å². The van der Waals surface area contributed by atoms with Gasteiger partial charge < -0.3 is 5.32 Å². The number of hydrogen-bond donors (Lipinski definition) is 1. The molecule has 0 bridgehead atoms. The van der Waals surface area contributed by atoms with Crippen LogP contribution < -0.4 is 5.32 Å². The summed E-state index contributed by atoms with van der Waals surface area (Å²) in [5.74, 6) is 0.553. The van der Waals surface area contributed by atoms with Crippen LogP contribution in [0, 0.1) is 0 Å². The normalized spacial score (nSPS) is 10.4. The van der Waals surface area contributed by atoms with Crippen molar-refractivity contribution in [3.05, 3.63) is 28.7 Å². The van der Waals surface area contributed by atoms with Crippen molar-refractivity contribution >= 4 is 33.6 Å². The van der Waals surface area contributed by atoms with E-state index in [-0.39, 0.29) is 11.9 Å². The Labute approximate surface area is 103 Å². The number of halogens is 1. The monoisotopic (exact) mass is 287 g/mol. The van der Waals surface area contributed by atoms with E-state index in [1.54, 1.807) is 11.8 Å². The van der Waals surface area contributed by atoms with Crippen molar-refractivity contribution in [2.24, 2.45) is 0 Å². The Morgan fingerprint density at radius 1 is 1.40 bits per heavy atom. The minimum atomic E-state index is 0.0814. The zero-order valence-electron chi connectivity index (χ0n) is 8.79. The fourth-order valence-electron chi connectivity index (χ4n) is 1.04. The summed E-state index contributed by atoms with van der Waals surface area (Å²) in [6.45, 7) is 3.92. The average molecular weight is 288 g/mol. The zero-order valence-corrected chi connectivity index (χ0v) is 11.2. The second kappa shape index (κ2) is 6.18. The number of amides is 1. The van der Waals surface area contributed by atoms with E-state index in [0.29, 0.717) is 5.75 Å². The molecule has 0 spiro atoms. The number of nitrogens with one attached hydrogen (secondary N) is 1.